The van der Waals surface area contributed by atoms with Crippen LogP contribution in [0.2, 0.25) is 0 Å². The summed E-state index contributed by atoms with van der Waals surface area (Å²) < 4.78 is 37.3. The summed E-state index contributed by atoms with van der Waals surface area (Å²) in [5.41, 5.74) is 1.19. The molecule has 1 aromatic carbocycles. The van der Waals surface area contributed by atoms with Crippen LogP contribution < -0.4 is 5.32 Å². The molecule has 0 fully saturated rings. The van der Waals surface area contributed by atoms with Gasteiger partial charge in [0.05, 0.1) is 0 Å². The second kappa shape index (κ2) is 6.53. The topological polar surface area (TPSA) is 12.0 Å². The lowest BCUT2D eigenvalue weighted by molar-refractivity contribution is -0.156. The number of nitrogens with one attached hydrogen (secondary N) is 1. The van der Waals surface area contributed by atoms with Gasteiger partial charge in [0.25, 0.3) is 0 Å². The molecule has 1 rings (SSSR count). The molecule has 92 valence electrons. The van der Waals surface area contributed by atoms with Crippen molar-refractivity contribution < 1.29 is 13.2 Å². The molecule has 0 aliphatic rings. The Bertz CT molecular complexity index is 290. The molecule has 0 aliphatic heterocycles. The van der Waals surface area contributed by atoms with E-state index in [0.29, 0.717) is 0 Å². The maximum Gasteiger partial charge on any atom is 0.407 e. The molecule has 1 nitrogen and oxygen atoms in total. The minimum atomic E-state index is -4.25. The minimum Gasteiger partial charge on any atom is -0.306 e. The smallest absolute Gasteiger partial charge is 0.306 e. The van der Waals surface area contributed by atoms with Crippen LogP contribution in [-0.2, 0) is 0 Å². The van der Waals surface area contributed by atoms with Crippen molar-refractivity contribution in [1.82, 2.24) is 5.32 Å². The first-order valence-electron chi connectivity index (χ1n) is 5.25. The fourth-order valence-corrected chi connectivity index (χ4v) is 1.28. The zero-order chi connectivity index (χ0) is 12.8. The van der Waals surface area contributed by atoms with Crippen LogP contribution in [0, 0.1) is 6.92 Å². The third-order valence-electron chi connectivity index (χ3n) is 2.03. The molecule has 0 bridgehead atoms. The van der Waals surface area contributed by atoms with Crippen molar-refractivity contribution in [3.63, 3.8) is 0 Å². The summed E-state index contributed by atoms with van der Waals surface area (Å²) in [5.74, 6) is 0. The Balaban J connectivity index is 0.00000106. The minimum absolute atomic E-state index is 0.241. The maximum absolute atomic E-state index is 12.4. The molecule has 1 N–H and O–H groups in total. The monoisotopic (exact) mass is 233 g/mol. The van der Waals surface area contributed by atoms with Crippen LogP contribution in [0.1, 0.15) is 31.0 Å². The molecular formula is C12H18F3N. The molecule has 1 atom stereocenters. The van der Waals surface area contributed by atoms with Gasteiger partial charge in [-0.3, -0.25) is 0 Å². The average Bonchev–Trinajstić information content (AvgIpc) is 2.23. The largest absolute Gasteiger partial charge is 0.407 e. The van der Waals surface area contributed by atoms with Gasteiger partial charge in [0.15, 0.2) is 0 Å². The highest BCUT2D eigenvalue weighted by atomic mass is 19.4. The molecule has 0 radical (unpaired) electrons. The highest BCUT2D eigenvalue weighted by Gasteiger charge is 2.39. The summed E-state index contributed by atoms with van der Waals surface area (Å²) in [6.45, 7) is 5.84. The molecular weight excluding hydrogens is 215 g/mol. The van der Waals surface area contributed by atoms with Crippen molar-refractivity contribution in [3.05, 3.63) is 35.4 Å². The van der Waals surface area contributed by atoms with E-state index in [1.807, 2.05) is 20.8 Å². The average molecular weight is 233 g/mol. The van der Waals surface area contributed by atoms with Crippen LogP contribution >= 0.6 is 0 Å². The molecule has 0 aromatic heterocycles. The van der Waals surface area contributed by atoms with Gasteiger partial charge in [0, 0.05) is 0 Å². The van der Waals surface area contributed by atoms with Crippen LogP contribution in [0.3, 0.4) is 0 Å². The molecule has 0 spiro atoms. The second-order valence-corrected chi connectivity index (χ2v) is 3.17. The van der Waals surface area contributed by atoms with Gasteiger partial charge in [-0.1, -0.05) is 43.7 Å². The first-order valence-corrected chi connectivity index (χ1v) is 5.25. The van der Waals surface area contributed by atoms with Crippen LogP contribution in [0.25, 0.3) is 0 Å². The lowest BCUT2D eigenvalue weighted by atomic mass is 10.1. The quantitative estimate of drug-likeness (QED) is 0.818. The first kappa shape index (κ1) is 15.0. The van der Waals surface area contributed by atoms with E-state index in [1.165, 1.54) is 19.2 Å². The van der Waals surface area contributed by atoms with Crippen LogP contribution in [-0.4, -0.2) is 13.2 Å². The number of hydrogen-bond acceptors (Lipinski definition) is 1. The molecule has 4 heteroatoms. The molecule has 0 saturated carbocycles. The highest BCUT2D eigenvalue weighted by Crippen LogP contribution is 2.32. The van der Waals surface area contributed by atoms with Gasteiger partial charge < -0.3 is 5.32 Å². The molecule has 0 saturated heterocycles. The van der Waals surface area contributed by atoms with E-state index in [2.05, 4.69) is 5.32 Å². The van der Waals surface area contributed by atoms with Crippen LogP contribution in [0.4, 0.5) is 13.2 Å². The second-order valence-electron chi connectivity index (χ2n) is 3.17. The summed E-state index contributed by atoms with van der Waals surface area (Å²) in [4.78, 5) is 0. The van der Waals surface area contributed by atoms with E-state index in [-0.39, 0.29) is 5.56 Å². The Kier molecular flexibility index (Phi) is 6.11. The van der Waals surface area contributed by atoms with Crippen LogP contribution in [0.15, 0.2) is 24.3 Å². The number of benzene rings is 1. The zero-order valence-electron chi connectivity index (χ0n) is 10.0. The molecule has 0 aliphatic carbocycles. The Morgan fingerprint density at radius 3 is 1.81 bits per heavy atom. The van der Waals surface area contributed by atoms with Gasteiger partial charge in [-0.2, -0.15) is 13.2 Å². The molecule has 16 heavy (non-hydrogen) atoms. The standard InChI is InChI=1S/C10H12F3N.C2H6/c1-7-3-5-8(6-4-7)9(14-2)10(11,12)13;1-2/h3-6,9,14H,1-2H3;1-2H3. The summed E-state index contributed by atoms with van der Waals surface area (Å²) in [7, 11) is 1.30. The Morgan fingerprint density at radius 2 is 1.50 bits per heavy atom. The lowest BCUT2D eigenvalue weighted by Crippen LogP contribution is -2.31. The predicted molar refractivity (Wildman–Crippen MR) is 60.4 cm³/mol. The third kappa shape index (κ3) is 4.23. The number of alkyl halides is 3. The maximum atomic E-state index is 12.4. The van der Waals surface area contributed by atoms with Gasteiger partial charge in [-0.05, 0) is 19.5 Å². The van der Waals surface area contributed by atoms with Crippen molar-refractivity contribution in [1.29, 1.82) is 0 Å². The normalized spacial score (nSPS) is 12.7. The highest BCUT2D eigenvalue weighted by molar-refractivity contribution is 5.25. The zero-order valence-corrected chi connectivity index (χ0v) is 10.0. The Hall–Kier alpha value is -1.03. The number of halogens is 3. The number of hydrogen-bond donors (Lipinski definition) is 1. The molecule has 0 amide bonds. The molecule has 1 unspecified atom stereocenters. The summed E-state index contributed by atoms with van der Waals surface area (Å²) in [5, 5.41) is 2.25. The molecule has 0 heterocycles. The molecule has 1 aromatic rings. The van der Waals surface area contributed by atoms with Gasteiger partial charge in [0.1, 0.15) is 6.04 Å². The third-order valence-corrected chi connectivity index (χ3v) is 2.03. The van der Waals surface area contributed by atoms with Gasteiger partial charge >= 0.3 is 6.18 Å². The summed E-state index contributed by atoms with van der Waals surface area (Å²) in [6, 6.07) is 4.74. The van der Waals surface area contributed by atoms with Crippen molar-refractivity contribution >= 4 is 0 Å². The fourth-order valence-electron chi connectivity index (χ4n) is 1.28. The van der Waals surface area contributed by atoms with E-state index >= 15 is 0 Å². The number of rotatable bonds is 2. The van der Waals surface area contributed by atoms with Crippen molar-refractivity contribution in [2.45, 2.75) is 33.0 Å². The van der Waals surface area contributed by atoms with Crippen molar-refractivity contribution in [2.24, 2.45) is 0 Å². The van der Waals surface area contributed by atoms with Crippen molar-refractivity contribution in [3.8, 4) is 0 Å². The Labute approximate surface area is 94.7 Å². The van der Waals surface area contributed by atoms with E-state index < -0.39 is 12.2 Å². The Morgan fingerprint density at radius 1 is 1.06 bits per heavy atom. The first-order chi connectivity index (χ1) is 7.45. The van der Waals surface area contributed by atoms with Gasteiger partial charge in [-0.15, -0.1) is 0 Å². The van der Waals surface area contributed by atoms with E-state index in [9.17, 15) is 13.2 Å². The van der Waals surface area contributed by atoms with E-state index in [0.717, 1.165) is 5.56 Å². The predicted octanol–water partition coefficient (Wildman–Crippen LogP) is 3.84. The van der Waals surface area contributed by atoms with E-state index in [4.69, 9.17) is 0 Å². The van der Waals surface area contributed by atoms with Crippen LogP contribution in [0.5, 0.6) is 0 Å². The van der Waals surface area contributed by atoms with E-state index in [1.54, 1.807) is 12.1 Å². The van der Waals surface area contributed by atoms with Gasteiger partial charge in [0.2, 0.25) is 0 Å². The summed E-state index contributed by atoms with van der Waals surface area (Å²) in [6.07, 6.45) is -4.25. The van der Waals surface area contributed by atoms with Gasteiger partial charge in [-0.25, -0.2) is 0 Å². The fraction of sp³-hybridized carbons (Fsp3) is 0.500. The number of aryl methyl sites for hydroxylation is 1. The van der Waals surface area contributed by atoms with Crippen molar-refractivity contribution in [2.75, 3.05) is 7.05 Å². The lowest BCUT2D eigenvalue weighted by Gasteiger charge is -2.19. The SMILES string of the molecule is CC.CNC(c1ccc(C)cc1)C(F)(F)F. The summed E-state index contributed by atoms with van der Waals surface area (Å²) >= 11 is 0.